The van der Waals surface area contributed by atoms with Crippen molar-refractivity contribution < 1.29 is 9.53 Å². The van der Waals surface area contributed by atoms with Crippen LogP contribution in [-0.2, 0) is 9.53 Å². The van der Waals surface area contributed by atoms with Crippen molar-refractivity contribution >= 4 is 5.91 Å². The van der Waals surface area contributed by atoms with Crippen molar-refractivity contribution in [1.29, 1.82) is 0 Å². The first-order valence-corrected chi connectivity index (χ1v) is 5.10. The van der Waals surface area contributed by atoms with Gasteiger partial charge in [0.25, 0.3) is 5.91 Å². The van der Waals surface area contributed by atoms with Gasteiger partial charge in [0, 0.05) is 13.7 Å². The largest absolute Gasteiger partial charge is 0.369 e. The molecular weight excluding hydrogens is 180 g/mol. The molecule has 1 aliphatic rings. The van der Waals surface area contributed by atoms with Crippen molar-refractivity contribution in [2.45, 2.75) is 25.9 Å². The second kappa shape index (κ2) is 4.75. The maximum Gasteiger partial charge on any atom is 0.251 e. The van der Waals surface area contributed by atoms with Crippen LogP contribution < -0.4 is 10.6 Å². The van der Waals surface area contributed by atoms with Gasteiger partial charge in [-0.05, 0) is 39.3 Å². The Balaban J connectivity index is 2.26. The minimum Gasteiger partial charge on any atom is -0.369 e. The number of rotatable bonds is 4. The second-order valence-corrected chi connectivity index (χ2v) is 4.28. The van der Waals surface area contributed by atoms with Crippen LogP contribution in [-0.4, -0.2) is 38.3 Å². The molecule has 1 aliphatic heterocycles. The maximum atomic E-state index is 11.6. The van der Waals surface area contributed by atoms with Crippen molar-refractivity contribution in [3.63, 3.8) is 0 Å². The number of nitrogens with one attached hydrogen (secondary N) is 2. The third-order valence-corrected chi connectivity index (χ3v) is 2.77. The van der Waals surface area contributed by atoms with Gasteiger partial charge in [0.05, 0.1) is 0 Å². The molecule has 1 unspecified atom stereocenters. The highest BCUT2D eigenvalue weighted by molar-refractivity contribution is 5.84. The zero-order valence-electron chi connectivity index (χ0n) is 9.22. The molecule has 0 aromatic carbocycles. The monoisotopic (exact) mass is 200 g/mol. The molecule has 82 valence electrons. The van der Waals surface area contributed by atoms with Gasteiger partial charge in [-0.25, -0.2) is 0 Å². The second-order valence-electron chi connectivity index (χ2n) is 4.28. The van der Waals surface area contributed by atoms with E-state index >= 15 is 0 Å². The Morgan fingerprint density at radius 1 is 1.64 bits per heavy atom. The van der Waals surface area contributed by atoms with Gasteiger partial charge in [-0.2, -0.15) is 0 Å². The molecule has 0 radical (unpaired) electrons. The summed E-state index contributed by atoms with van der Waals surface area (Å²) in [6.45, 7) is 6.37. The average Bonchev–Trinajstić information content (AvgIpc) is 2.66. The summed E-state index contributed by atoms with van der Waals surface area (Å²) in [5.74, 6) is 0.540. The third-order valence-electron chi connectivity index (χ3n) is 2.77. The summed E-state index contributed by atoms with van der Waals surface area (Å²) in [7, 11) is 1.55. The Morgan fingerprint density at radius 2 is 2.36 bits per heavy atom. The van der Waals surface area contributed by atoms with Gasteiger partial charge in [-0.1, -0.05) is 0 Å². The minimum absolute atomic E-state index is 0.0353. The number of amides is 1. The number of methoxy groups -OCH3 is 1. The highest BCUT2D eigenvalue weighted by Crippen LogP contribution is 2.09. The molecular formula is C10H20N2O2. The van der Waals surface area contributed by atoms with Crippen molar-refractivity contribution in [2.24, 2.45) is 5.92 Å². The van der Waals surface area contributed by atoms with Crippen LogP contribution in [0.15, 0.2) is 0 Å². The van der Waals surface area contributed by atoms with Crippen LogP contribution in [0, 0.1) is 5.92 Å². The van der Waals surface area contributed by atoms with E-state index in [4.69, 9.17) is 4.74 Å². The van der Waals surface area contributed by atoms with E-state index in [-0.39, 0.29) is 5.91 Å². The van der Waals surface area contributed by atoms with Gasteiger partial charge >= 0.3 is 0 Å². The molecule has 0 bridgehead atoms. The highest BCUT2D eigenvalue weighted by atomic mass is 16.5. The topological polar surface area (TPSA) is 50.4 Å². The molecule has 4 nitrogen and oxygen atoms in total. The fraction of sp³-hybridized carbons (Fsp3) is 0.900. The van der Waals surface area contributed by atoms with Crippen LogP contribution >= 0.6 is 0 Å². The van der Waals surface area contributed by atoms with Crippen LogP contribution in [0.5, 0.6) is 0 Å². The first-order chi connectivity index (χ1) is 6.56. The molecule has 0 aromatic heterocycles. The fourth-order valence-corrected chi connectivity index (χ4v) is 1.43. The Bertz CT molecular complexity index is 198. The van der Waals surface area contributed by atoms with Crippen LogP contribution in [0.25, 0.3) is 0 Å². The van der Waals surface area contributed by atoms with Crippen molar-refractivity contribution in [1.82, 2.24) is 10.6 Å². The highest BCUT2D eigenvalue weighted by Gasteiger charge is 2.27. The van der Waals surface area contributed by atoms with Crippen molar-refractivity contribution in [3.8, 4) is 0 Å². The standard InChI is InChI=1S/C10H20N2O2/c1-10(2,14-3)9(13)12-7-8-4-5-11-6-8/h8,11H,4-7H2,1-3H3,(H,12,13). The van der Waals surface area contributed by atoms with E-state index in [1.165, 1.54) is 0 Å². The summed E-state index contributed by atoms with van der Waals surface area (Å²) in [5.41, 5.74) is -0.716. The Hall–Kier alpha value is -0.610. The molecule has 14 heavy (non-hydrogen) atoms. The molecule has 4 heteroatoms. The summed E-state index contributed by atoms with van der Waals surface area (Å²) in [4.78, 5) is 11.6. The third kappa shape index (κ3) is 2.96. The number of ether oxygens (including phenoxy) is 1. The van der Waals surface area contributed by atoms with Crippen LogP contribution in [0.4, 0.5) is 0 Å². The normalized spacial score (nSPS) is 22.4. The number of carbonyl (C=O) groups excluding carboxylic acids is 1. The molecule has 1 fully saturated rings. The Morgan fingerprint density at radius 3 is 2.86 bits per heavy atom. The molecule has 1 heterocycles. The summed E-state index contributed by atoms with van der Waals surface area (Å²) in [5, 5.41) is 6.18. The summed E-state index contributed by atoms with van der Waals surface area (Å²) in [6.07, 6.45) is 1.15. The van der Waals surface area contributed by atoms with Crippen molar-refractivity contribution in [2.75, 3.05) is 26.7 Å². The number of hydrogen-bond donors (Lipinski definition) is 2. The lowest BCUT2D eigenvalue weighted by molar-refractivity contribution is -0.139. The number of hydrogen-bond acceptors (Lipinski definition) is 3. The maximum absolute atomic E-state index is 11.6. The van der Waals surface area contributed by atoms with Gasteiger partial charge in [-0.15, -0.1) is 0 Å². The lowest BCUT2D eigenvalue weighted by atomic mass is 10.1. The van der Waals surface area contributed by atoms with Gasteiger partial charge < -0.3 is 15.4 Å². The predicted molar refractivity (Wildman–Crippen MR) is 55.1 cm³/mol. The lowest BCUT2D eigenvalue weighted by Gasteiger charge is -2.22. The van der Waals surface area contributed by atoms with E-state index in [0.717, 1.165) is 26.1 Å². The van der Waals surface area contributed by atoms with Gasteiger partial charge in [0.15, 0.2) is 0 Å². The first-order valence-electron chi connectivity index (χ1n) is 5.10. The lowest BCUT2D eigenvalue weighted by Crippen LogP contribution is -2.45. The summed E-state index contributed by atoms with van der Waals surface area (Å²) < 4.78 is 5.09. The molecule has 2 N–H and O–H groups in total. The van der Waals surface area contributed by atoms with E-state index in [0.29, 0.717) is 5.92 Å². The van der Waals surface area contributed by atoms with Gasteiger partial charge in [0.1, 0.15) is 5.60 Å². The molecule has 0 saturated carbocycles. The molecule has 1 saturated heterocycles. The first kappa shape index (κ1) is 11.5. The minimum atomic E-state index is -0.716. The van der Waals surface area contributed by atoms with Crippen molar-refractivity contribution in [3.05, 3.63) is 0 Å². The molecule has 1 amide bonds. The van der Waals surface area contributed by atoms with E-state index in [1.54, 1.807) is 21.0 Å². The quantitative estimate of drug-likeness (QED) is 0.678. The van der Waals surface area contributed by atoms with Crippen LogP contribution in [0.1, 0.15) is 20.3 Å². The van der Waals surface area contributed by atoms with Crippen LogP contribution in [0.2, 0.25) is 0 Å². The molecule has 0 aliphatic carbocycles. The Kier molecular flexibility index (Phi) is 3.89. The SMILES string of the molecule is COC(C)(C)C(=O)NCC1CCNC1. The van der Waals surface area contributed by atoms with Gasteiger partial charge in [0.2, 0.25) is 0 Å². The van der Waals surface area contributed by atoms with E-state index < -0.39 is 5.60 Å². The van der Waals surface area contributed by atoms with Crippen LogP contribution in [0.3, 0.4) is 0 Å². The zero-order chi connectivity index (χ0) is 10.6. The van der Waals surface area contributed by atoms with E-state index in [1.807, 2.05) is 0 Å². The average molecular weight is 200 g/mol. The zero-order valence-corrected chi connectivity index (χ0v) is 9.22. The fourth-order valence-electron chi connectivity index (χ4n) is 1.43. The molecule has 0 aromatic rings. The summed E-state index contributed by atoms with van der Waals surface area (Å²) in [6, 6.07) is 0. The van der Waals surface area contributed by atoms with Gasteiger partial charge in [-0.3, -0.25) is 4.79 Å². The van der Waals surface area contributed by atoms with E-state index in [2.05, 4.69) is 10.6 Å². The molecule has 1 atom stereocenters. The number of carbonyl (C=O) groups is 1. The smallest absolute Gasteiger partial charge is 0.251 e. The summed E-state index contributed by atoms with van der Waals surface area (Å²) >= 11 is 0. The van der Waals surface area contributed by atoms with E-state index in [9.17, 15) is 4.79 Å². The molecule has 1 rings (SSSR count). The molecule has 0 spiro atoms. The predicted octanol–water partition coefficient (Wildman–Crippen LogP) is 0.137. The Labute approximate surface area is 85.4 Å².